The van der Waals surface area contributed by atoms with E-state index in [-0.39, 0.29) is 0 Å². The molecule has 0 aliphatic carbocycles. The fraction of sp³-hybridized carbons (Fsp3) is 0.571. The number of nitrogens with one attached hydrogen (secondary N) is 2. The molecule has 0 spiro atoms. The summed E-state index contributed by atoms with van der Waals surface area (Å²) in [5, 5.41) is 6.90. The number of hydrogen-bond donors (Lipinski definition) is 2. The molecule has 0 unspecified atom stereocenters. The molecule has 0 saturated carbocycles. The first-order chi connectivity index (χ1) is 8.75. The average molecular weight is 312 g/mol. The molecule has 0 radical (unpaired) electrons. The Labute approximate surface area is 118 Å². The summed E-state index contributed by atoms with van der Waals surface area (Å²) in [6.45, 7) is 8.78. The minimum Gasteiger partial charge on any atom is -0.314 e. The van der Waals surface area contributed by atoms with Crippen molar-refractivity contribution in [1.82, 2.24) is 15.5 Å². The van der Waals surface area contributed by atoms with Gasteiger partial charge in [0.2, 0.25) is 0 Å². The molecule has 100 valence electrons. The maximum Gasteiger partial charge on any atom is 0.0481 e. The first-order valence-electron chi connectivity index (χ1n) is 6.64. The van der Waals surface area contributed by atoms with Crippen LogP contribution in [0, 0.1) is 6.92 Å². The van der Waals surface area contributed by atoms with Crippen molar-refractivity contribution in [3.05, 3.63) is 33.8 Å². The fourth-order valence-electron chi connectivity index (χ4n) is 2.24. The lowest BCUT2D eigenvalue weighted by molar-refractivity contribution is 0.224. The molecule has 0 aromatic heterocycles. The van der Waals surface area contributed by atoms with Crippen molar-refractivity contribution in [3.8, 4) is 0 Å². The number of hydrogen-bond acceptors (Lipinski definition) is 3. The number of benzene rings is 1. The number of rotatable bonds is 5. The molecule has 1 saturated heterocycles. The SMILES string of the molecule is Cc1ccc(Br)cc1CCNCN1CCNCC1. The van der Waals surface area contributed by atoms with Crippen molar-refractivity contribution < 1.29 is 0 Å². The van der Waals surface area contributed by atoms with Crippen molar-refractivity contribution >= 4 is 15.9 Å². The van der Waals surface area contributed by atoms with Gasteiger partial charge >= 0.3 is 0 Å². The van der Waals surface area contributed by atoms with Crippen LogP contribution in [0.15, 0.2) is 22.7 Å². The lowest BCUT2D eigenvalue weighted by atomic mass is 10.1. The summed E-state index contributed by atoms with van der Waals surface area (Å²) in [7, 11) is 0. The van der Waals surface area contributed by atoms with Gasteiger partial charge in [-0.05, 0) is 36.6 Å². The van der Waals surface area contributed by atoms with Crippen molar-refractivity contribution in [2.75, 3.05) is 39.4 Å². The zero-order chi connectivity index (χ0) is 12.8. The van der Waals surface area contributed by atoms with Crippen LogP contribution in [0.25, 0.3) is 0 Å². The van der Waals surface area contributed by atoms with Gasteiger partial charge in [-0.3, -0.25) is 4.90 Å². The summed E-state index contributed by atoms with van der Waals surface area (Å²) >= 11 is 3.53. The van der Waals surface area contributed by atoms with Crippen LogP contribution in [0.3, 0.4) is 0 Å². The minimum absolute atomic E-state index is 1.01. The smallest absolute Gasteiger partial charge is 0.0481 e. The maximum atomic E-state index is 3.53. The van der Waals surface area contributed by atoms with Crippen molar-refractivity contribution in [2.24, 2.45) is 0 Å². The minimum atomic E-state index is 1.01. The Morgan fingerprint density at radius 3 is 2.89 bits per heavy atom. The van der Waals surface area contributed by atoms with E-state index in [9.17, 15) is 0 Å². The van der Waals surface area contributed by atoms with Gasteiger partial charge in [0.1, 0.15) is 0 Å². The predicted octanol–water partition coefficient (Wildman–Crippen LogP) is 1.75. The molecule has 1 aromatic carbocycles. The van der Waals surface area contributed by atoms with Gasteiger partial charge in [-0.1, -0.05) is 22.0 Å². The van der Waals surface area contributed by atoms with E-state index in [0.29, 0.717) is 0 Å². The Kier molecular flexibility index (Phi) is 5.63. The van der Waals surface area contributed by atoms with Crippen molar-refractivity contribution in [3.63, 3.8) is 0 Å². The summed E-state index contributed by atoms with van der Waals surface area (Å²) in [6.07, 6.45) is 1.09. The molecule has 18 heavy (non-hydrogen) atoms. The van der Waals surface area contributed by atoms with Gasteiger partial charge < -0.3 is 10.6 Å². The van der Waals surface area contributed by atoms with Crippen molar-refractivity contribution in [2.45, 2.75) is 13.3 Å². The lowest BCUT2D eigenvalue weighted by Gasteiger charge is -2.27. The highest BCUT2D eigenvalue weighted by atomic mass is 79.9. The standard InChI is InChI=1S/C14H22BrN3/c1-12-2-3-14(15)10-13(12)4-5-17-11-18-8-6-16-7-9-18/h2-3,10,16-17H,4-9,11H2,1H3. The molecule has 1 aliphatic rings. The van der Waals surface area contributed by atoms with E-state index in [4.69, 9.17) is 0 Å². The highest BCUT2D eigenvalue weighted by molar-refractivity contribution is 9.10. The summed E-state index contributed by atoms with van der Waals surface area (Å²) in [5.74, 6) is 0. The fourth-order valence-corrected chi connectivity index (χ4v) is 2.65. The van der Waals surface area contributed by atoms with E-state index in [0.717, 1.165) is 45.8 Å². The lowest BCUT2D eigenvalue weighted by Crippen LogP contribution is -2.47. The molecule has 1 aromatic rings. The summed E-state index contributed by atoms with van der Waals surface area (Å²) in [4.78, 5) is 2.46. The second-order valence-electron chi connectivity index (χ2n) is 4.85. The van der Waals surface area contributed by atoms with Crippen LogP contribution in [0.5, 0.6) is 0 Å². The van der Waals surface area contributed by atoms with E-state index >= 15 is 0 Å². The van der Waals surface area contributed by atoms with Gasteiger partial charge in [-0.15, -0.1) is 0 Å². The zero-order valence-electron chi connectivity index (χ0n) is 11.0. The maximum absolute atomic E-state index is 3.53. The highest BCUT2D eigenvalue weighted by Gasteiger charge is 2.08. The first kappa shape index (κ1) is 14.0. The number of halogens is 1. The van der Waals surface area contributed by atoms with Gasteiger partial charge in [-0.25, -0.2) is 0 Å². The second-order valence-corrected chi connectivity index (χ2v) is 5.76. The van der Waals surface area contributed by atoms with Gasteiger partial charge in [-0.2, -0.15) is 0 Å². The molecule has 1 fully saturated rings. The van der Waals surface area contributed by atoms with Crippen LogP contribution in [0.2, 0.25) is 0 Å². The molecule has 0 atom stereocenters. The first-order valence-corrected chi connectivity index (χ1v) is 7.44. The third-order valence-corrected chi connectivity index (χ3v) is 3.92. The number of aryl methyl sites for hydroxylation is 1. The Balaban J connectivity index is 1.69. The molecule has 2 rings (SSSR count). The number of nitrogens with zero attached hydrogens (tertiary/aromatic N) is 1. The van der Waals surface area contributed by atoms with Gasteiger partial charge in [0, 0.05) is 43.9 Å². The van der Waals surface area contributed by atoms with Crippen LogP contribution in [-0.4, -0.2) is 44.3 Å². The molecule has 2 N–H and O–H groups in total. The van der Waals surface area contributed by atoms with Crippen LogP contribution >= 0.6 is 15.9 Å². The van der Waals surface area contributed by atoms with Crippen LogP contribution in [0.4, 0.5) is 0 Å². The Bertz CT molecular complexity index is 375. The predicted molar refractivity (Wildman–Crippen MR) is 79.9 cm³/mol. The molecule has 0 bridgehead atoms. The third-order valence-electron chi connectivity index (χ3n) is 3.43. The van der Waals surface area contributed by atoms with E-state index < -0.39 is 0 Å². The van der Waals surface area contributed by atoms with Crippen LogP contribution in [-0.2, 0) is 6.42 Å². The number of piperazine rings is 1. The normalized spacial score (nSPS) is 17.0. The second kappa shape index (κ2) is 7.24. The Morgan fingerprint density at radius 2 is 2.11 bits per heavy atom. The van der Waals surface area contributed by atoms with Gasteiger partial charge in [0.25, 0.3) is 0 Å². The molecule has 3 nitrogen and oxygen atoms in total. The van der Waals surface area contributed by atoms with E-state index in [1.165, 1.54) is 15.6 Å². The molecule has 1 aliphatic heterocycles. The average Bonchev–Trinajstić information content (AvgIpc) is 2.40. The molecular weight excluding hydrogens is 290 g/mol. The van der Waals surface area contributed by atoms with E-state index in [1.54, 1.807) is 0 Å². The molecular formula is C14H22BrN3. The largest absolute Gasteiger partial charge is 0.314 e. The third kappa shape index (κ3) is 4.35. The van der Waals surface area contributed by atoms with E-state index in [1.807, 2.05) is 0 Å². The van der Waals surface area contributed by atoms with E-state index in [2.05, 4.69) is 56.6 Å². The summed E-state index contributed by atoms with van der Waals surface area (Å²) in [6, 6.07) is 6.50. The highest BCUT2D eigenvalue weighted by Crippen LogP contribution is 2.16. The topological polar surface area (TPSA) is 27.3 Å². The summed E-state index contributed by atoms with van der Waals surface area (Å²) < 4.78 is 1.17. The van der Waals surface area contributed by atoms with Gasteiger partial charge in [0.15, 0.2) is 0 Å². The zero-order valence-corrected chi connectivity index (χ0v) is 12.6. The quantitative estimate of drug-likeness (QED) is 0.811. The molecule has 4 heteroatoms. The molecule has 0 amide bonds. The summed E-state index contributed by atoms with van der Waals surface area (Å²) in [5.41, 5.74) is 2.80. The van der Waals surface area contributed by atoms with Crippen molar-refractivity contribution in [1.29, 1.82) is 0 Å². The van der Waals surface area contributed by atoms with Crippen LogP contribution < -0.4 is 10.6 Å². The Hall–Kier alpha value is -0.420. The van der Waals surface area contributed by atoms with Crippen LogP contribution in [0.1, 0.15) is 11.1 Å². The Morgan fingerprint density at radius 1 is 1.33 bits per heavy atom. The monoisotopic (exact) mass is 311 g/mol. The van der Waals surface area contributed by atoms with Gasteiger partial charge in [0.05, 0.1) is 0 Å². The molecule has 1 heterocycles.